The Labute approximate surface area is 91.1 Å². The van der Waals surface area contributed by atoms with E-state index in [1.54, 1.807) is 0 Å². The number of anilines is 1. The molecule has 1 aliphatic carbocycles. The zero-order chi connectivity index (χ0) is 10.7. The van der Waals surface area contributed by atoms with E-state index in [9.17, 15) is 0 Å². The molecule has 1 heterocycles. The van der Waals surface area contributed by atoms with Crippen molar-refractivity contribution in [3.8, 4) is 0 Å². The van der Waals surface area contributed by atoms with E-state index in [2.05, 4.69) is 20.1 Å². The Morgan fingerprint density at radius 1 is 1.33 bits per heavy atom. The average molecular weight is 208 g/mol. The van der Waals surface area contributed by atoms with Gasteiger partial charge in [0, 0.05) is 20.5 Å². The van der Waals surface area contributed by atoms with E-state index < -0.39 is 0 Å². The Kier molecular flexibility index (Phi) is 3.23. The molecule has 0 spiro atoms. The summed E-state index contributed by atoms with van der Waals surface area (Å²) in [6.07, 6.45) is 8.01. The molecular formula is C11H20N4. The van der Waals surface area contributed by atoms with E-state index in [0.717, 1.165) is 24.1 Å². The maximum absolute atomic E-state index is 4.20. The van der Waals surface area contributed by atoms with Crippen LogP contribution in [0.25, 0.3) is 0 Å². The van der Waals surface area contributed by atoms with E-state index in [1.165, 1.54) is 32.1 Å². The molecular weight excluding hydrogens is 188 g/mol. The minimum absolute atomic E-state index is 0.858. The molecule has 4 heteroatoms. The van der Waals surface area contributed by atoms with Gasteiger partial charge in [0.25, 0.3) is 0 Å². The molecule has 0 aromatic carbocycles. The summed E-state index contributed by atoms with van der Waals surface area (Å²) in [5.74, 6) is 2.89. The van der Waals surface area contributed by atoms with Crippen LogP contribution in [0, 0.1) is 5.92 Å². The van der Waals surface area contributed by atoms with Crippen molar-refractivity contribution < 1.29 is 0 Å². The van der Waals surface area contributed by atoms with Gasteiger partial charge >= 0.3 is 0 Å². The fraction of sp³-hybridized carbons (Fsp3) is 0.818. The van der Waals surface area contributed by atoms with E-state index in [-0.39, 0.29) is 0 Å². The number of aryl methyl sites for hydroxylation is 1. The Morgan fingerprint density at radius 2 is 2.07 bits per heavy atom. The van der Waals surface area contributed by atoms with Gasteiger partial charge in [0.05, 0.1) is 0 Å². The first-order valence-corrected chi connectivity index (χ1v) is 5.87. The summed E-state index contributed by atoms with van der Waals surface area (Å²) in [7, 11) is 3.90. The second kappa shape index (κ2) is 4.64. The number of hydrogen-bond acceptors (Lipinski definition) is 3. The molecule has 0 aliphatic heterocycles. The van der Waals surface area contributed by atoms with Crippen LogP contribution in [0.1, 0.15) is 37.9 Å². The van der Waals surface area contributed by atoms with Crippen molar-refractivity contribution in [1.82, 2.24) is 14.8 Å². The van der Waals surface area contributed by atoms with Crippen LogP contribution in [0.3, 0.4) is 0 Å². The van der Waals surface area contributed by atoms with Crippen molar-refractivity contribution in [3.05, 3.63) is 5.82 Å². The third kappa shape index (κ3) is 2.30. The fourth-order valence-electron chi connectivity index (χ4n) is 2.43. The van der Waals surface area contributed by atoms with E-state index in [0.29, 0.717) is 0 Å². The smallest absolute Gasteiger partial charge is 0.224 e. The van der Waals surface area contributed by atoms with E-state index in [4.69, 9.17) is 0 Å². The van der Waals surface area contributed by atoms with E-state index >= 15 is 0 Å². The molecule has 1 saturated carbocycles. The lowest BCUT2D eigenvalue weighted by Gasteiger charge is -2.08. The minimum Gasteiger partial charge on any atom is -0.357 e. The van der Waals surface area contributed by atoms with Crippen molar-refractivity contribution in [1.29, 1.82) is 0 Å². The SMILES string of the molecule is CNc1nnc(CCC2CCCC2)n1C. The summed E-state index contributed by atoms with van der Waals surface area (Å²) in [5, 5.41) is 11.3. The van der Waals surface area contributed by atoms with Gasteiger partial charge in [-0.05, 0) is 12.3 Å². The van der Waals surface area contributed by atoms with Crippen LogP contribution in [0.5, 0.6) is 0 Å². The maximum Gasteiger partial charge on any atom is 0.224 e. The Hall–Kier alpha value is -1.06. The van der Waals surface area contributed by atoms with Gasteiger partial charge in [-0.15, -0.1) is 10.2 Å². The highest BCUT2D eigenvalue weighted by Gasteiger charge is 2.16. The summed E-state index contributed by atoms with van der Waals surface area (Å²) in [4.78, 5) is 0. The third-order valence-corrected chi connectivity index (χ3v) is 3.44. The zero-order valence-corrected chi connectivity index (χ0v) is 9.66. The standard InChI is InChI=1S/C11H20N4/c1-12-11-14-13-10(15(11)2)8-7-9-5-3-4-6-9/h9H,3-8H2,1-2H3,(H,12,14). The van der Waals surface area contributed by atoms with Crippen LogP contribution in [0.4, 0.5) is 5.95 Å². The molecule has 0 radical (unpaired) electrons. The molecule has 4 nitrogen and oxygen atoms in total. The quantitative estimate of drug-likeness (QED) is 0.822. The minimum atomic E-state index is 0.858. The van der Waals surface area contributed by atoms with Crippen molar-refractivity contribution >= 4 is 5.95 Å². The van der Waals surface area contributed by atoms with Crippen LogP contribution in [-0.2, 0) is 13.5 Å². The maximum atomic E-state index is 4.20. The monoisotopic (exact) mass is 208 g/mol. The lowest BCUT2D eigenvalue weighted by atomic mass is 10.0. The summed E-state index contributed by atoms with van der Waals surface area (Å²) in [5.41, 5.74) is 0. The van der Waals surface area contributed by atoms with Crippen LogP contribution in [-0.4, -0.2) is 21.8 Å². The number of rotatable bonds is 4. The molecule has 0 amide bonds. The van der Waals surface area contributed by atoms with Gasteiger partial charge in [0.1, 0.15) is 5.82 Å². The lowest BCUT2D eigenvalue weighted by molar-refractivity contribution is 0.492. The Balaban J connectivity index is 1.89. The molecule has 0 unspecified atom stereocenters. The van der Waals surface area contributed by atoms with E-state index in [1.807, 2.05) is 14.1 Å². The highest BCUT2D eigenvalue weighted by molar-refractivity contribution is 5.23. The Morgan fingerprint density at radius 3 is 2.67 bits per heavy atom. The van der Waals surface area contributed by atoms with Crippen molar-refractivity contribution in [3.63, 3.8) is 0 Å². The van der Waals surface area contributed by atoms with Crippen LogP contribution >= 0.6 is 0 Å². The molecule has 84 valence electrons. The molecule has 0 saturated heterocycles. The average Bonchev–Trinajstić information content (AvgIpc) is 2.85. The van der Waals surface area contributed by atoms with Gasteiger partial charge in [-0.1, -0.05) is 25.7 Å². The van der Waals surface area contributed by atoms with Gasteiger partial charge in [-0.3, -0.25) is 0 Å². The summed E-state index contributed by atoms with van der Waals surface area (Å²) >= 11 is 0. The van der Waals surface area contributed by atoms with Gasteiger partial charge < -0.3 is 9.88 Å². The highest BCUT2D eigenvalue weighted by Crippen LogP contribution is 2.28. The lowest BCUT2D eigenvalue weighted by Crippen LogP contribution is -2.04. The first-order chi connectivity index (χ1) is 7.31. The zero-order valence-electron chi connectivity index (χ0n) is 9.66. The molecule has 1 N–H and O–H groups in total. The summed E-state index contributed by atoms with van der Waals surface area (Å²) in [6, 6.07) is 0. The summed E-state index contributed by atoms with van der Waals surface area (Å²) < 4.78 is 2.05. The first kappa shape index (κ1) is 10.5. The van der Waals surface area contributed by atoms with Gasteiger partial charge in [0.2, 0.25) is 5.95 Å². The molecule has 0 bridgehead atoms. The second-order valence-electron chi connectivity index (χ2n) is 4.44. The number of nitrogens with one attached hydrogen (secondary N) is 1. The molecule has 2 rings (SSSR count). The van der Waals surface area contributed by atoms with Crippen LogP contribution in [0.15, 0.2) is 0 Å². The van der Waals surface area contributed by atoms with Crippen molar-refractivity contribution in [2.45, 2.75) is 38.5 Å². The van der Waals surface area contributed by atoms with Gasteiger partial charge in [-0.25, -0.2) is 0 Å². The normalized spacial score (nSPS) is 17.2. The van der Waals surface area contributed by atoms with Gasteiger partial charge in [-0.2, -0.15) is 0 Å². The van der Waals surface area contributed by atoms with Crippen LogP contribution in [0.2, 0.25) is 0 Å². The van der Waals surface area contributed by atoms with Crippen LogP contribution < -0.4 is 5.32 Å². The van der Waals surface area contributed by atoms with Gasteiger partial charge in [0.15, 0.2) is 0 Å². The largest absolute Gasteiger partial charge is 0.357 e. The molecule has 15 heavy (non-hydrogen) atoms. The molecule has 1 aromatic rings. The summed E-state index contributed by atoms with van der Waals surface area (Å²) in [6.45, 7) is 0. The highest BCUT2D eigenvalue weighted by atomic mass is 15.3. The molecule has 0 atom stereocenters. The van der Waals surface area contributed by atoms with Crippen molar-refractivity contribution in [2.75, 3.05) is 12.4 Å². The third-order valence-electron chi connectivity index (χ3n) is 3.44. The predicted octanol–water partition coefficient (Wildman–Crippen LogP) is 1.98. The molecule has 1 fully saturated rings. The number of aromatic nitrogens is 3. The predicted molar refractivity (Wildman–Crippen MR) is 60.8 cm³/mol. The second-order valence-corrected chi connectivity index (χ2v) is 4.44. The Bertz CT molecular complexity index is 312. The first-order valence-electron chi connectivity index (χ1n) is 5.87. The van der Waals surface area contributed by atoms with Crippen molar-refractivity contribution in [2.24, 2.45) is 13.0 Å². The topological polar surface area (TPSA) is 42.7 Å². The number of hydrogen-bond donors (Lipinski definition) is 1. The fourth-order valence-corrected chi connectivity index (χ4v) is 2.43. The number of nitrogens with zero attached hydrogens (tertiary/aromatic N) is 3. The molecule has 1 aliphatic rings. The molecule has 1 aromatic heterocycles.